The summed E-state index contributed by atoms with van der Waals surface area (Å²) < 4.78 is 39.8. The normalized spacial score (nSPS) is 21.1. The summed E-state index contributed by atoms with van der Waals surface area (Å²) in [6.45, 7) is 29.0. The average molecular weight is 944 g/mol. The first kappa shape index (κ1) is 38.1. The predicted molar refractivity (Wildman–Crippen MR) is 225 cm³/mol. The van der Waals surface area contributed by atoms with Gasteiger partial charge in [-0.05, 0) is 90.7 Å². The van der Waals surface area contributed by atoms with Gasteiger partial charge in [-0.15, -0.1) is 29.3 Å². The number of hydrogen-bond donors (Lipinski definition) is 0. The van der Waals surface area contributed by atoms with Gasteiger partial charge in [-0.2, -0.15) is 0 Å². The maximum atomic E-state index is 9.72. The second kappa shape index (κ2) is 13.5. The van der Waals surface area contributed by atoms with Crippen LogP contribution in [0.5, 0.6) is 23.0 Å². The number of fused-ring (bicyclic) bond motifs is 5. The fourth-order valence-electron chi connectivity index (χ4n) is 8.04. The zero-order valence-electron chi connectivity index (χ0n) is 37.6. The minimum absolute atomic E-state index is 0. The Morgan fingerprint density at radius 2 is 1.54 bits per heavy atom. The van der Waals surface area contributed by atoms with Crippen molar-refractivity contribution in [2.45, 2.75) is 125 Å². The van der Waals surface area contributed by atoms with Crippen LogP contribution in [0.2, 0.25) is 0 Å². The number of aryl methyl sites for hydroxylation is 4. The maximum absolute atomic E-state index is 9.72. The van der Waals surface area contributed by atoms with Gasteiger partial charge in [0, 0.05) is 43.7 Å². The van der Waals surface area contributed by atoms with Gasteiger partial charge in [-0.1, -0.05) is 99.1 Å². The summed E-state index contributed by atoms with van der Waals surface area (Å²) in [5.74, 6) is 3.41. The molecule has 0 saturated heterocycles. The molecule has 0 amide bonds. The van der Waals surface area contributed by atoms with Gasteiger partial charge in [0.1, 0.15) is 28.6 Å². The Labute approximate surface area is 356 Å². The first-order chi connectivity index (χ1) is 26.9. The minimum atomic E-state index is -1.91. The van der Waals surface area contributed by atoms with Crippen molar-refractivity contribution in [3.05, 3.63) is 123 Å². The first-order valence-electron chi connectivity index (χ1n) is 20.5. The third kappa shape index (κ3) is 6.68. The summed E-state index contributed by atoms with van der Waals surface area (Å²) in [5, 5.41) is 0. The number of rotatable bonds is 4. The topological polar surface area (TPSA) is 69.1 Å². The zero-order valence-corrected chi connectivity index (χ0v) is 37.9. The molecule has 0 saturated carbocycles. The monoisotopic (exact) mass is 943 g/mol. The van der Waals surface area contributed by atoms with E-state index in [1.54, 1.807) is 0 Å². The molecular formula is C49H54N4O3Pt. The molecule has 0 bridgehead atoms. The summed E-state index contributed by atoms with van der Waals surface area (Å²) in [6.07, 6.45) is -0.0533. The largest absolute Gasteiger partial charge is 2.00 e. The van der Waals surface area contributed by atoms with Gasteiger partial charge in [0.05, 0.1) is 11.4 Å². The molecule has 7 nitrogen and oxygen atoms in total. The number of aliphatic imine (C=N–C) groups is 1. The fourth-order valence-corrected chi connectivity index (χ4v) is 8.04. The second-order valence-corrected chi connectivity index (χ2v) is 19.0. The van der Waals surface area contributed by atoms with E-state index in [2.05, 4.69) is 89.8 Å². The third-order valence-electron chi connectivity index (χ3n) is 11.5. The molecule has 2 aromatic heterocycles. The first-order valence-corrected chi connectivity index (χ1v) is 19.5. The average Bonchev–Trinajstić information content (AvgIpc) is 3.53. The van der Waals surface area contributed by atoms with Crippen LogP contribution in [0.25, 0.3) is 0 Å². The van der Waals surface area contributed by atoms with Crippen molar-refractivity contribution in [3.8, 4) is 23.0 Å². The molecule has 1 aliphatic carbocycles. The van der Waals surface area contributed by atoms with E-state index in [9.17, 15) is 2.74 Å². The molecule has 8 rings (SSSR count). The van der Waals surface area contributed by atoms with Crippen LogP contribution in [-0.2, 0) is 48.5 Å². The molecule has 2 atom stereocenters. The van der Waals surface area contributed by atoms with Gasteiger partial charge in [0.15, 0.2) is 0 Å². The van der Waals surface area contributed by atoms with Gasteiger partial charge < -0.3 is 19.1 Å². The number of ether oxygens (including phenoxy) is 3. The van der Waals surface area contributed by atoms with Crippen molar-refractivity contribution in [2.75, 3.05) is 4.90 Å². The summed E-state index contributed by atoms with van der Waals surface area (Å²) >= 11 is 0. The van der Waals surface area contributed by atoms with Crippen molar-refractivity contribution in [2.24, 2.45) is 10.4 Å². The molecule has 298 valence electrons. The van der Waals surface area contributed by atoms with Crippen molar-refractivity contribution < 1.29 is 38.0 Å². The standard InChI is InChI=1S/C49H54N4O3.Pt/c1-28-15-16-37-40(19-28)55-41-21-30(3)39(26-38(41)53(37)42-25-34(17-18-50-42)45(5,6)7)54-36-23-32(22-35(24-36)46(8,9)10)44-52-48(14)43-33(20-29(2)31(4)51-43)27-49(48,56-44)47(11,12)13;/h15-22,24-25H,27H2,1-14H3;/q-2;+2/t48-,49-;/m1./s1/i27D2;. The van der Waals surface area contributed by atoms with Crippen molar-refractivity contribution in [3.63, 3.8) is 0 Å². The van der Waals surface area contributed by atoms with Crippen LogP contribution in [0.1, 0.15) is 122 Å². The van der Waals surface area contributed by atoms with E-state index in [1.165, 1.54) is 0 Å². The zero-order chi connectivity index (χ0) is 42.1. The Bertz CT molecular complexity index is 2570. The molecule has 0 N–H and O–H groups in total. The van der Waals surface area contributed by atoms with Crippen LogP contribution >= 0.6 is 0 Å². The Kier molecular flexibility index (Phi) is 9.05. The molecule has 8 heteroatoms. The predicted octanol–water partition coefficient (Wildman–Crippen LogP) is 12.3. The van der Waals surface area contributed by atoms with Crippen LogP contribution in [0.15, 0.2) is 65.8 Å². The van der Waals surface area contributed by atoms with Crippen LogP contribution in [0.3, 0.4) is 0 Å². The summed E-state index contributed by atoms with van der Waals surface area (Å²) in [4.78, 5) is 17.3. The Morgan fingerprint density at radius 3 is 2.23 bits per heavy atom. The Hall–Kier alpha value is -4.48. The number of nitrogens with zero attached hydrogens (tertiary/aromatic N) is 4. The molecular weight excluding hydrogens is 888 g/mol. The van der Waals surface area contributed by atoms with E-state index in [4.69, 9.17) is 29.2 Å². The van der Waals surface area contributed by atoms with Crippen LogP contribution < -0.4 is 14.4 Å². The summed E-state index contributed by atoms with van der Waals surface area (Å²) in [6, 6.07) is 25.4. The smallest absolute Gasteiger partial charge is 0.513 e. The molecule has 2 aliphatic heterocycles. The van der Waals surface area contributed by atoms with Crippen LogP contribution in [0.4, 0.5) is 17.2 Å². The van der Waals surface area contributed by atoms with Gasteiger partial charge in [-0.25, -0.2) is 4.98 Å². The minimum Gasteiger partial charge on any atom is -0.513 e. The van der Waals surface area contributed by atoms with Gasteiger partial charge in [0.2, 0.25) is 0 Å². The SMILES string of the molecule is [2H]C1([2H])c2cc(C)c(C)nc2[C@@]2(C)N=C(c3[c-]c(Oc4[c-]c5c(cc4C)Oc4cc(C)ccc4N5c4cc(C(C)(C)C)ccn4)cc(C(C)(C)C)c3)O[C@@]12C(C)(C)C.[Pt+2]. The number of aromatic nitrogens is 2. The molecule has 3 aliphatic rings. The molecule has 5 aromatic rings. The molecule has 57 heavy (non-hydrogen) atoms. The van der Waals surface area contributed by atoms with Crippen molar-refractivity contribution in [1.29, 1.82) is 0 Å². The van der Waals surface area contributed by atoms with E-state index < -0.39 is 22.9 Å². The van der Waals surface area contributed by atoms with E-state index in [1.807, 2.05) is 85.0 Å². The van der Waals surface area contributed by atoms with Gasteiger partial charge >= 0.3 is 21.1 Å². The van der Waals surface area contributed by atoms with Crippen molar-refractivity contribution >= 4 is 23.1 Å². The van der Waals surface area contributed by atoms with E-state index in [0.717, 1.165) is 50.8 Å². The maximum Gasteiger partial charge on any atom is 2.00 e. The number of hydrogen-bond acceptors (Lipinski definition) is 7. The van der Waals surface area contributed by atoms with Gasteiger partial charge in [0.25, 0.3) is 0 Å². The number of benzene rings is 3. The Morgan fingerprint density at radius 1 is 0.825 bits per heavy atom. The van der Waals surface area contributed by atoms with Gasteiger partial charge in [-0.3, -0.25) is 9.98 Å². The molecule has 4 heterocycles. The molecule has 0 unspecified atom stereocenters. The fraction of sp³-hybridized carbons (Fsp3) is 0.408. The molecule has 0 fully saturated rings. The van der Waals surface area contributed by atoms with Crippen LogP contribution in [0, 0.1) is 45.2 Å². The third-order valence-corrected chi connectivity index (χ3v) is 11.5. The van der Waals surface area contributed by atoms with E-state index in [0.29, 0.717) is 45.7 Å². The van der Waals surface area contributed by atoms with E-state index in [-0.39, 0.29) is 31.9 Å². The molecule has 0 spiro atoms. The van der Waals surface area contributed by atoms with E-state index >= 15 is 0 Å². The van der Waals surface area contributed by atoms with Crippen LogP contribution in [-0.4, -0.2) is 21.5 Å². The van der Waals surface area contributed by atoms with Crippen molar-refractivity contribution in [1.82, 2.24) is 9.97 Å². The molecule has 0 radical (unpaired) electrons. The summed E-state index contributed by atoms with van der Waals surface area (Å²) in [7, 11) is 0. The molecule has 3 aromatic carbocycles. The second-order valence-electron chi connectivity index (χ2n) is 19.0. The number of pyridine rings is 2. The quantitative estimate of drug-likeness (QED) is 0.164. The Balaban J connectivity index is 0.00000528. The number of anilines is 3. The summed E-state index contributed by atoms with van der Waals surface area (Å²) in [5.41, 5.74) is 5.51.